The van der Waals surface area contributed by atoms with Crippen LogP contribution in [0.4, 0.5) is 10.5 Å². The summed E-state index contributed by atoms with van der Waals surface area (Å²) in [4.78, 5) is 12.2. The second-order valence-electron chi connectivity index (χ2n) is 6.31. The molecule has 0 aromatic heterocycles. The fraction of sp³-hybridized carbons (Fsp3) is 0.300. The van der Waals surface area contributed by atoms with Crippen molar-refractivity contribution in [2.45, 2.75) is 19.3 Å². The zero-order valence-corrected chi connectivity index (χ0v) is 14.3. The number of rotatable bonds is 4. The van der Waals surface area contributed by atoms with Crippen molar-refractivity contribution in [3.63, 3.8) is 0 Å². The van der Waals surface area contributed by atoms with Gasteiger partial charge < -0.3 is 20.1 Å². The number of hydrogen-bond acceptors (Lipinski definition) is 4. The molecule has 2 aliphatic rings. The van der Waals surface area contributed by atoms with E-state index in [1.165, 1.54) is 11.1 Å². The number of carbonyl (C=O) groups excluding carboxylic acids is 1. The maximum atomic E-state index is 12.2. The molecule has 2 aromatic carbocycles. The summed E-state index contributed by atoms with van der Waals surface area (Å²) in [6.07, 6.45) is 2.46. The van der Waals surface area contributed by atoms with Gasteiger partial charge in [-0.1, -0.05) is 12.1 Å². The van der Waals surface area contributed by atoms with E-state index in [0.29, 0.717) is 37.4 Å². The first-order chi connectivity index (χ1) is 12.8. The lowest BCUT2D eigenvalue weighted by Crippen LogP contribution is -2.30. The van der Waals surface area contributed by atoms with E-state index in [1.807, 2.05) is 0 Å². The number of ether oxygens (including phenoxy) is 2. The molecular weight excluding hydrogens is 330 g/mol. The molecule has 0 spiro atoms. The predicted molar refractivity (Wildman–Crippen MR) is 96.7 cm³/mol. The summed E-state index contributed by atoms with van der Waals surface area (Å²) >= 11 is 0. The highest BCUT2D eigenvalue weighted by Crippen LogP contribution is 2.40. The van der Waals surface area contributed by atoms with E-state index in [1.54, 1.807) is 24.3 Å². The van der Waals surface area contributed by atoms with Crippen LogP contribution in [0.25, 0.3) is 0 Å². The molecular formula is C20H19N3O3. The van der Waals surface area contributed by atoms with Crippen molar-refractivity contribution in [1.29, 1.82) is 5.26 Å². The Morgan fingerprint density at radius 2 is 2.04 bits per heavy atom. The summed E-state index contributed by atoms with van der Waals surface area (Å²) in [6.45, 7) is 1.88. The number of hydrogen-bond donors (Lipinski definition) is 2. The van der Waals surface area contributed by atoms with Gasteiger partial charge in [0.05, 0.1) is 24.5 Å². The van der Waals surface area contributed by atoms with Gasteiger partial charge >= 0.3 is 6.03 Å². The third-order valence-corrected chi connectivity index (χ3v) is 4.72. The highest BCUT2D eigenvalue weighted by Gasteiger charge is 2.26. The minimum absolute atomic E-state index is 0.325. The lowest BCUT2D eigenvalue weighted by Gasteiger charge is -2.14. The fourth-order valence-electron chi connectivity index (χ4n) is 3.51. The second kappa shape index (κ2) is 6.96. The third-order valence-electron chi connectivity index (χ3n) is 4.72. The molecule has 2 N–H and O–H groups in total. The number of nitrogens with one attached hydrogen (secondary N) is 2. The van der Waals surface area contributed by atoms with Crippen LogP contribution < -0.4 is 20.1 Å². The SMILES string of the molecule is N#Cc1ccccc1NC(=O)NCCc1c2c(cc3c1OCC3)OCC2. The number of nitriles is 1. The number of fused-ring (bicyclic) bond motifs is 2. The number of benzene rings is 2. The average molecular weight is 349 g/mol. The Hall–Kier alpha value is -3.20. The summed E-state index contributed by atoms with van der Waals surface area (Å²) in [5.74, 6) is 1.92. The predicted octanol–water partition coefficient (Wildman–Crippen LogP) is 2.79. The normalized spacial score (nSPS) is 13.8. The van der Waals surface area contributed by atoms with Gasteiger partial charge in [0, 0.05) is 36.1 Å². The summed E-state index contributed by atoms with van der Waals surface area (Å²) in [5.41, 5.74) is 4.47. The minimum Gasteiger partial charge on any atom is -0.493 e. The standard InChI is InChI=1S/C20H19N3O3/c21-12-14-3-1-2-4-17(14)23-20(24)22-8-5-16-15-7-10-25-18(15)11-13-6-9-26-19(13)16/h1-4,11H,5-10H2,(H2,22,23,24). The van der Waals surface area contributed by atoms with Crippen molar-refractivity contribution < 1.29 is 14.3 Å². The number of amides is 2. The first-order valence-electron chi connectivity index (χ1n) is 8.73. The molecule has 0 radical (unpaired) electrons. The third kappa shape index (κ3) is 3.04. The summed E-state index contributed by atoms with van der Waals surface area (Å²) in [7, 11) is 0. The zero-order valence-electron chi connectivity index (χ0n) is 14.3. The number of anilines is 1. The molecule has 0 fully saturated rings. The molecule has 0 saturated heterocycles. The van der Waals surface area contributed by atoms with Crippen molar-refractivity contribution in [2.24, 2.45) is 0 Å². The Morgan fingerprint density at radius 1 is 1.19 bits per heavy atom. The molecule has 4 rings (SSSR count). The Balaban J connectivity index is 1.41. The first-order valence-corrected chi connectivity index (χ1v) is 8.73. The Morgan fingerprint density at radius 3 is 2.92 bits per heavy atom. The summed E-state index contributed by atoms with van der Waals surface area (Å²) in [5, 5.41) is 14.7. The van der Waals surface area contributed by atoms with Crippen LogP contribution in [0, 0.1) is 11.3 Å². The van der Waals surface area contributed by atoms with E-state index in [-0.39, 0.29) is 6.03 Å². The molecule has 2 heterocycles. The first kappa shape index (κ1) is 16.3. The topological polar surface area (TPSA) is 83.4 Å². The summed E-state index contributed by atoms with van der Waals surface area (Å²) in [6, 6.07) is 10.8. The van der Waals surface area contributed by atoms with Gasteiger partial charge in [0.1, 0.15) is 17.6 Å². The van der Waals surface area contributed by atoms with Crippen molar-refractivity contribution in [1.82, 2.24) is 5.32 Å². The zero-order chi connectivity index (χ0) is 17.9. The van der Waals surface area contributed by atoms with Gasteiger partial charge in [-0.05, 0) is 24.6 Å². The van der Waals surface area contributed by atoms with E-state index < -0.39 is 0 Å². The molecule has 0 bridgehead atoms. The van der Waals surface area contributed by atoms with Gasteiger partial charge in [0.15, 0.2) is 0 Å². The van der Waals surface area contributed by atoms with Crippen LogP contribution in [0.1, 0.15) is 22.3 Å². The van der Waals surface area contributed by atoms with Crippen molar-refractivity contribution in [3.8, 4) is 17.6 Å². The van der Waals surface area contributed by atoms with Crippen LogP contribution in [0.2, 0.25) is 0 Å². The van der Waals surface area contributed by atoms with E-state index in [2.05, 4.69) is 22.8 Å². The van der Waals surface area contributed by atoms with Crippen LogP contribution >= 0.6 is 0 Å². The number of nitrogens with zero attached hydrogens (tertiary/aromatic N) is 1. The Labute approximate surface area is 151 Å². The molecule has 0 unspecified atom stereocenters. The van der Waals surface area contributed by atoms with Gasteiger partial charge in [-0.3, -0.25) is 0 Å². The van der Waals surface area contributed by atoms with Crippen molar-refractivity contribution >= 4 is 11.7 Å². The van der Waals surface area contributed by atoms with Crippen molar-refractivity contribution in [3.05, 3.63) is 52.6 Å². The molecule has 2 aliphatic heterocycles. The lowest BCUT2D eigenvalue weighted by molar-refractivity contribution is 0.252. The van der Waals surface area contributed by atoms with Crippen LogP contribution in [0.3, 0.4) is 0 Å². The molecule has 0 saturated carbocycles. The Kier molecular flexibility index (Phi) is 4.36. The number of carbonyl (C=O) groups is 1. The average Bonchev–Trinajstić information content (AvgIpc) is 3.30. The number of urea groups is 1. The van der Waals surface area contributed by atoms with Gasteiger partial charge in [-0.15, -0.1) is 0 Å². The monoisotopic (exact) mass is 349 g/mol. The van der Waals surface area contributed by atoms with E-state index in [4.69, 9.17) is 14.7 Å². The van der Waals surface area contributed by atoms with Gasteiger partial charge in [-0.2, -0.15) is 5.26 Å². The molecule has 2 amide bonds. The summed E-state index contributed by atoms with van der Waals surface area (Å²) < 4.78 is 11.5. The fourth-order valence-corrected chi connectivity index (χ4v) is 3.51. The highest BCUT2D eigenvalue weighted by atomic mass is 16.5. The van der Waals surface area contributed by atoms with Gasteiger partial charge in [0.25, 0.3) is 0 Å². The second-order valence-corrected chi connectivity index (χ2v) is 6.31. The van der Waals surface area contributed by atoms with Crippen molar-refractivity contribution in [2.75, 3.05) is 25.1 Å². The maximum Gasteiger partial charge on any atom is 0.319 e. The van der Waals surface area contributed by atoms with E-state index in [0.717, 1.165) is 29.9 Å². The molecule has 0 atom stereocenters. The van der Waals surface area contributed by atoms with Crippen LogP contribution in [0.15, 0.2) is 30.3 Å². The van der Waals surface area contributed by atoms with Gasteiger partial charge in [-0.25, -0.2) is 4.79 Å². The van der Waals surface area contributed by atoms with E-state index >= 15 is 0 Å². The Bertz CT molecular complexity index is 870. The highest BCUT2D eigenvalue weighted by molar-refractivity contribution is 5.90. The largest absolute Gasteiger partial charge is 0.493 e. The minimum atomic E-state index is -0.325. The van der Waals surface area contributed by atoms with Crippen LogP contribution in [0.5, 0.6) is 11.5 Å². The van der Waals surface area contributed by atoms with Crippen LogP contribution in [-0.2, 0) is 19.3 Å². The quantitative estimate of drug-likeness (QED) is 0.889. The molecule has 6 nitrogen and oxygen atoms in total. The molecule has 0 aliphatic carbocycles. The molecule has 26 heavy (non-hydrogen) atoms. The smallest absolute Gasteiger partial charge is 0.319 e. The lowest BCUT2D eigenvalue weighted by atomic mass is 9.97. The van der Waals surface area contributed by atoms with Gasteiger partial charge in [0.2, 0.25) is 0 Å². The van der Waals surface area contributed by atoms with E-state index in [9.17, 15) is 4.79 Å². The molecule has 6 heteroatoms. The molecule has 2 aromatic rings. The molecule has 132 valence electrons. The number of para-hydroxylation sites is 1. The maximum absolute atomic E-state index is 12.2. The van der Waals surface area contributed by atoms with Crippen LogP contribution in [-0.4, -0.2) is 25.8 Å².